The minimum Gasteiger partial charge on any atom is -0.339 e. The molecule has 1 aromatic carbocycles. The zero-order chi connectivity index (χ0) is 17.4. The highest BCUT2D eigenvalue weighted by Crippen LogP contribution is 2.36. The Morgan fingerprint density at radius 3 is 2.38 bits per heavy atom. The van der Waals surface area contributed by atoms with Crippen molar-refractivity contribution >= 4 is 17.6 Å². The molecule has 0 aromatic heterocycles. The average molecular weight is 330 g/mol. The zero-order valence-corrected chi connectivity index (χ0v) is 14.6. The van der Waals surface area contributed by atoms with Crippen LogP contribution in [0.25, 0.3) is 0 Å². The first-order chi connectivity index (χ1) is 11.3. The number of piperidine rings is 1. The molecule has 3 amide bonds. The molecule has 6 heteroatoms. The smallest absolute Gasteiger partial charge is 0.317 e. The number of likely N-dealkylation sites (tertiary alicyclic amines) is 1. The molecular weight excluding hydrogens is 304 g/mol. The fourth-order valence-electron chi connectivity index (χ4n) is 3.51. The van der Waals surface area contributed by atoms with Crippen LogP contribution in [0, 0.1) is 0 Å². The lowest BCUT2D eigenvalue weighted by Gasteiger charge is -2.43. The van der Waals surface area contributed by atoms with E-state index in [0.717, 1.165) is 5.69 Å². The van der Waals surface area contributed by atoms with Crippen LogP contribution in [-0.4, -0.2) is 47.7 Å². The maximum atomic E-state index is 12.6. The third-order valence-electron chi connectivity index (χ3n) is 4.76. The fraction of sp³-hybridized carbons (Fsp3) is 0.556. The number of nitrogens with one attached hydrogen (secondary N) is 2. The van der Waals surface area contributed by atoms with E-state index in [1.165, 1.54) is 0 Å². The summed E-state index contributed by atoms with van der Waals surface area (Å²) in [5, 5.41) is 5.97. The number of hydrogen-bond acceptors (Lipinski definition) is 3. The van der Waals surface area contributed by atoms with Crippen LogP contribution < -0.4 is 15.5 Å². The van der Waals surface area contributed by atoms with Gasteiger partial charge in [-0.25, -0.2) is 4.79 Å². The Hall–Kier alpha value is -2.24. The fourth-order valence-corrected chi connectivity index (χ4v) is 3.51. The molecule has 2 fully saturated rings. The molecule has 0 radical (unpaired) electrons. The monoisotopic (exact) mass is 330 g/mol. The van der Waals surface area contributed by atoms with Crippen molar-refractivity contribution in [3.63, 3.8) is 0 Å². The second kappa shape index (κ2) is 6.00. The molecule has 2 aliphatic rings. The molecule has 2 aliphatic heterocycles. The third kappa shape index (κ3) is 3.05. The Balaban J connectivity index is 1.73. The summed E-state index contributed by atoms with van der Waals surface area (Å²) in [4.78, 5) is 28.9. The normalized spacial score (nSPS) is 20.2. The molecule has 0 atom stereocenters. The number of para-hydroxylation sites is 1. The largest absolute Gasteiger partial charge is 0.339 e. The summed E-state index contributed by atoms with van der Waals surface area (Å²) in [6, 6.07) is 9.94. The van der Waals surface area contributed by atoms with Gasteiger partial charge in [0.25, 0.3) is 0 Å². The van der Waals surface area contributed by atoms with E-state index in [1.54, 1.807) is 0 Å². The van der Waals surface area contributed by atoms with Gasteiger partial charge in [0, 0.05) is 24.3 Å². The van der Waals surface area contributed by atoms with Gasteiger partial charge in [-0.15, -0.1) is 0 Å². The minimum absolute atomic E-state index is 0.0537. The maximum Gasteiger partial charge on any atom is 0.317 e. The van der Waals surface area contributed by atoms with Crippen LogP contribution in [0.3, 0.4) is 0 Å². The number of carbonyl (C=O) groups is 2. The summed E-state index contributed by atoms with van der Waals surface area (Å²) >= 11 is 0. The Morgan fingerprint density at radius 2 is 1.79 bits per heavy atom. The van der Waals surface area contributed by atoms with Gasteiger partial charge in [0.2, 0.25) is 5.91 Å². The summed E-state index contributed by atoms with van der Waals surface area (Å²) in [5.74, 6) is 0.0715. The second-order valence-corrected chi connectivity index (χ2v) is 7.63. The van der Waals surface area contributed by atoms with Crippen molar-refractivity contribution in [3.05, 3.63) is 30.3 Å². The van der Waals surface area contributed by atoms with Gasteiger partial charge < -0.3 is 20.4 Å². The van der Waals surface area contributed by atoms with E-state index in [1.807, 2.05) is 56.0 Å². The van der Waals surface area contributed by atoms with E-state index < -0.39 is 5.54 Å². The topological polar surface area (TPSA) is 64.7 Å². The van der Waals surface area contributed by atoms with Crippen molar-refractivity contribution in [1.82, 2.24) is 15.5 Å². The van der Waals surface area contributed by atoms with Gasteiger partial charge in [0.05, 0.1) is 6.67 Å². The molecule has 1 spiro atoms. The number of hydrogen-bond donors (Lipinski definition) is 2. The van der Waals surface area contributed by atoms with Gasteiger partial charge in [-0.1, -0.05) is 18.2 Å². The number of urea groups is 1. The van der Waals surface area contributed by atoms with Crippen LogP contribution in [0.1, 0.15) is 33.6 Å². The van der Waals surface area contributed by atoms with Crippen LogP contribution in [-0.2, 0) is 4.79 Å². The number of carbonyl (C=O) groups excluding carboxylic acids is 2. The van der Waals surface area contributed by atoms with Crippen molar-refractivity contribution in [2.45, 2.75) is 44.7 Å². The molecule has 24 heavy (non-hydrogen) atoms. The molecule has 0 saturated carbocycles. The lowest BCUT2D eigenvalue weighted by Crippen LogP contribution is -2.59. The highest BCUT2D eigenvalue weighted by atomic mass is 16.2. The highest BCUT2D eigenvalue weighted by molar-refractivity contribution is 5.93. The summed E-state index contributed by atoms with van der Waals surface area (Å²) in [5.41, 5.74) is 0.246. The number of benzene rings is 1. The molecule has 130 valence electrons. The van der Waals surface area contributed by atoms with Crippen LogP contribution in [0.5, 0.6) is 0 Å². The van der Waals surface area contributed by atoms with E-state index in [4.69, 9.17) is 0 Å². The van der Waals surface area contributed by atoms with Crippen LogP contribution in [0.15, 0.2) is 30.3 Å². The Morgan fingerprint density at radius 1 is 1.17 bits per heavy atom. The van der Waals surface area contributed by atoms with Crippen LogP contribution in [0.4, 0.5) is 10.5 Å². The highest BCUT2D eigenvalue weighted by Gasteiger charge is 2.50. The van der Waals surface area contributed by atoms with Crippen molar-refractivity contribution in [2.24, 2.45) is 0 Å². The van der Waals surface area contributed by atoms with Gasteiger partial charge >= 0.3 is 6.03 Å². The first kappa shape index (κ1) is 16.6. The van der Waals surface area contributed by atoms with Crippen LogP contribution >= 0.6 is 0 Å². The van der Waals surface area contributed by atoms with Crippen molar-refractivity contribution in [2.75, 3.05) is 24.7 Å². The molecule has 6 nitrogen and oxygen atoms in total. The van der Waals surface area contributed by atoms with Gasteiger partial charge in [0.1, 0.15) is 5.54 Å². The average Bonchev–Trinajstić information content (AvgIpc) is 2.84. The molecule has 3 rings (SSSR count). The maximum absolute atomic E-state index is 12.6. The molecule has 1 aromatic rings. The molecule has 2 saturated heterocycles. The van der Waals surface area contributed by atoms with Crippen LogP contribution in [0.2, 0.25) is 0 Å². The summed E-state index contributed by atoms with van der Waals surface area (Å²) < 4.78 is 0. The predicted octanol–water partition coefficient (Wildman–Crippen LogP) is 1.92. The standard InChI is InChI=1S/C18H26N4O2/c1-17(2,3)20-16(24)21-11-9-18(10-12-21)15(23)19-13-22(18)14-7-5-4-6-8-14/h4-8H,9-13H2,1-3H3,(H,19,23)(H,20,24). The number of rotatable bonds is 1. The van der Waals surface area contributed by atoms with E-state index >= 15 is 0 Å². The van der Waals surface area contributed by atoms with E-state index in [0.29, 0.717) is 32.6 Å². The molecule has 0 aliphatic carbocycles. The molecule has 2 heterocycles. The van der Waals surface area contributed by atoms with Crippen molar-refractivity contribution in [3.8, 4) is 0 Å². The van der Waals surface area contributed by atoms with E-state index in [9.17, 15) is 9.59 Å². The molecule has 0 bridgehead atoms. The van der Waals surface area contributed by atoms with Crippen molar-refractivity contribution in [1.29, 1.82) is 0 Å². The van der Waals surface area contributed by atoms with Gasteiger partial charge in [-0.05, 0) is 45.7 Å². The Kier molecular flexibility index (Phi) is 4.15. The zero-order valence-electron chi connectivity index (χ0n) is 14.6. The third-order valence-corrected chi connectivity index (χ3v) is 4.76. The SMILES string of the molecule is CC(C)(C)NC(=O)N1CCC2(CC1)C(=O)NCN2c1ccccc1. The summed E-state index contributed by atoms with van der Waals surface area (Å²) in [6.07, 6.45) is 1.29. The van der Waals surface area contributed by atoms with E-state index in [-0.39, 0.29) is 17.5 Å². The van der Waals surface area contributed by atoms with Gasteiger partial charge in [-0.2, -0.15) is 0 Å². The minimum atomic E-state index is -0.542. The van der Waals surface area contributed by atoms with E-state index in [2.05, 4.69) is 15.5 Å². The Bertz CT molecular complexity index is 616. The first-order valence-electron chi connectivity index (χ1n) is 8.50. The lowest BCUT2D eigenvalue weighted by atomic mass is 9.85. The predicted molar refractivity (Wildman–Crippen MR) is 93.8 cm³/mol. The second-order valence-electron chi connectivity index (χ2n) is 7.63. The van der Waals surface area contributed by atoms with Gasteiger partial charge in [0.15, 0.2) is 0 Å². The lowest BCUT2D eigenvalue weighted by molar-refractivity contribution is -0.124. The van der Waals surface area contributed by atoms with Gasteiger partial charge in [-0.3, -0.25) is 4.79 Å². The molecule has 2 N–H and O–H groups in total. The summed E-state index contributed by atoms with van der Waals surface area (Å²) in [6.45, 7) is 7.60. The summed E-state index contributed by atoms with van der Waals surface area (Å²) in [7, 11) is 0. The van der Waals surface area contributed by atoms with Crippen molar-refractivity contribution < 1.29 is 9.59 Å². The first-order valence-corrected chi connectivity index (χ1v) is 8.50. The number of amides is 3. The molecular formula is C18H26N4O2. The number of anilines is 1. The quantitative estimate of drug-likeness (QED) is 0.827. The Labute approximate surface area is 143 Å². The molecule has 0 unspecified atom stereocenters. The number of nitrogens with zero attached hydrogens (tertiary/aromatic N) is 2.